The first-order chi connectivity index (χ1) is 15.2. The Morgan fingerprint density at radius 2 is 1.91 bits per heavy atom. The Hall–Kier alpha value is -4.22. The lowest BCUT2D eigenvalue weighted by atomic mass is 10.0. The first-order valence-corrected chi connectivity index (χ1v) is 9.14. The van der Waals surface area contributed by atoms with Crippen molar-refractivity contribution in [1.29, 1.82) is 0 Å². The van der Waals surface area contributed by atoms with Gasteiger partial charge in [-0.05, 0) is 24.3 Å². The van der Waals surface area contributed by atoms with Crippen LogP contribution in [0.3, 0.4) is 0 Å². The van der Waals surface area contributed by atoms with E-state index in [4.69, 9.17) is 0 Å². The Bertz CT molecular complexity index is 1360. The topological polar surface area (TPSA) is 106 Å². The van der Waals surface area contributed by atoms with Gasteiger partial charge in [0.05, 0.1) is 11.2 Å². The number of carboxylic acid groups (broad SMARTS) is 1. The van der Waals surface area contributed by atoms with E-state index in [-0.39, 0.29) is 28.4 Å². The summed E-state index contributed by atoms with van der Waals surface area (Å²) in [7, 11) is 2.95. The quantitative estimate of drug-likeness (QED) is 0.514. The van der Waals surface area contributed by atoms with E-state index < -0.39 is 29.8 Å². The van der Waals surface area contributed by atoms with Crippen molar-refractivity contribution in [3.8, 4) is 11.3 Å². The molecule has 3 heterocycles. The van der Waals surface area contributed by atoms with Gasteiger partial charge in [0, 0.05) is 42.9 Å². The Morgan fingerprint density at radius 3 is 2.53 bits per heavy atom. The second-order valence-corrected chi connectivity index (χ2v) is 6.85. The molecule has 0 atom stereocenters. The number of aromatic nitrogens is 5. The van der Waals surface area contributed by atoms with Crippen LogP contribution >= 0.6 is 0 Å². The number of hydrogen-bond donors (Lipinski definition) is 1. The van der Waals surface area contributed by atoms with Crippen molar-refractivity contribution in [2.45, 2.75) is 6.43 Å². The maximum absolute atomic E-state index is 13.8. The molecule has 0 unspecified atom stereocenters. The Morgan fingerprint density at radius 1 is 1.16 bits per heavy atom. The Labute approximate surface area is 178 Å². The lowest BCUT2D eigenvalue weighted by Gasteiger charge is -2.16. The van der Waals surface area contributed by atoms with Crippen LogP contribution in [0.2, 0.25) is 0 Å². The number of hydrogen-bond acceptors (Lipinski definition) is 5. The summed E-state index contributed by atoms with van der Waals surface area (Å²) in [6.07, 6.45) is -1.91. The predicted molar refractivity (Wildman–Crippen MR) is 107 cm³/mol. The number of pyridine rings is 1. The molecule has 0 spiro atoms. The minimum absolute atomic E-state index is 0.0324. The molecule has 4 aromatic rings. The van der Waals surface area contributed by atoms with Crippen LogP contribution in [-0.2, 0) is 7.05 Å². The number of alkyl halides is 2. The fourth-order valence-electron chi connectivity index (χ4n) is 3.36. The average molecular weight is 444 g/mol. The van der Waals surface area contributed by atoms with Gasteiger partial charge in [-0.3, -0.25) is 9.69 Å². The molecule has 164 valence electrons. The first-order valence-electron chi connectivity index (χ1n) is 9.14. The third-order valence-electron chi connectivity index (χ3n) is 4.94. The number of halogens is 3. The number of amides is 1. The fraction of sp³-hybridized carbons (Fsp3) is 0.150. The summed E-state index contributed by atoms with van der Waals surface area (Å²) in [5, 5.41) is 13.9. The molecular formula is C20H15F3N6O3. The molecule has 0 fully saturated rings. The zero-order valence-corrected chi connectivity index (χ0v) is 16.7. The summed E-state index contributed by atoms with van der Waals surface area (Å²) in [6, 6.07) is 5.29. The minimum atomic E-state index is -2.95. The number of benzene rings is 1. The van der Waals surface area contributed by atoms with E-state index in [0.29, 0.717) is 5.39 Å². The molecule has 0 aliphatic heterocycles. The molecule has 0 saturated carbocycles. The number of anilines is 1. The number of aryl methyl sites for hydroxylation is 1. The molecule has 4 rings (SSSR count). The number of carbonyl (C=O) groups is 2. The van der Waals surface area contributed by atoms with E-state index in [1.54, 1.807) is 0 Å². The molecular weight excluding hydrogens is 429 g/mol. The summed E-state index contributed by atoms with van der Waals surface area (Å²) in [5.41, 5.74) is -0.841. The number of fused-ring (bicyclic) bond motifs is 1. The summed E-state index contributed by atoms with van der Waals surface area (Å²) >= 11 is 0. The van der Waals surface area contributed by atoms with Gasteiger partial charge in [-0.15, -0.1) is 0 Å². The second kappa shape index (κ2) is 7.80. The van der Waals surface area contributed by atoms with E-state index >= 15 is 0 Å². The lowest BCUT2D eigenvalue weighted by Crippen LogP contribution is -2.29. The lowest BCUT2D eigenvalue weighted by molar-refractivity contribution is 0.0978. The monoisotopic (exact) mass is 444 g/mol. The van der Waals surface area contributed by atoms with E-state index in [2.05, 4.69) is 15.1 Å². The average Bonchev–Trinajstić information content (AvgIpc) is 3.35. The van der Waals surface area contributed by atoms with Crippen LogP contribution in [0.25, 0.3) is 22.2 Å². The molecule has 0 aliphatic rings. The molecule has 3 aromatic heterocycles. The maximum Gasteiger partial charge on any atom is 0.416 e. The van der Waals surface area contributed by atoms with Crippen molar-refractivity contribution >= 4 is 28.7 Å². The van der Waals surface area contributed by atoms with Crippen LogP contribution in [-0.4, -0.2) is 48.5 Å². The summed E-state index contributed by atoms with van der Waals surface area (Å²) in [5.74, 6) is -1.22. The normalized spacial score (nSPS) is 11.3. The summed E-state index contributed by atoms with van der Waals surface area (Å²) in [6.45, 7) is 0. The second-order valence-electron chi connectivity index (χ2n) is 6.85. The fourth-order valence-corrected chi connectivity index (χ4v) is 3.36. The van der Waals surface area contributed by atoms with Crippen molar-refractivity contribution < 1.29 is 27.9 Å². The Kier molecular flexibility index (Phi) is 5.12. The van der Waals surface area contributed by atoms with Crippen molar-refractivity contribution in [3.05, 3.63) is 60.1 Å². The van der Waals surface area contributed by atoms with Gasteiger partial charge in [0.25, 0.3) is 12.3 Å². The molecule has 0 radical (unpaired) electrons. The van der Waals surface area contributed by atoms with Crippen LogP contribution < -0.4 is 4.90 Å². The van der Waals surface area contributed by atoms with Crippen molar-refractivity contribution in [3.63, 3.8) is 0 Å². The highest BCUT2D eigenvalue weighted by molar-refractivity contribution is 6.04. The first kappa shape index (κ1) is 21.0. The van der Waals surface area contributed by atoms with E-state index in [9.17, 15) is 27.9 Å². The number of nitrogens with zero attached hydrogens (tertiary/aromatic N) is 6. The zero-order chi connectivity index (χ0) is 23.2. The predicted octanol–water partition coefficient (Wildman–Crippen LogP) is 3.71. The van der Waals surface area contributed by atoms with Crippen LogP contribution in [0.15, 0.2) is 42.9 Å². The van der Waals surface area contributed by atoms with E-state index in [1.165, 1.54) is 43.4 Å². The van der Waals surface area contributed by atoms with Crippen LogP contribution in [0.5, 0.6) is 0 Å². The van der Waals surface area contributed by atoms with E-state index in [0.717, 1.165) is 27.7 Å². The highest BCUT2D eigenvalue weighted by Gasteiger charge is 2.24. The summed E-state index contributed by atoms with van der Waals surface area (Å²) < 4.78 is 42.9. The maximum atomic E-state index is 13.8. The van der Waals surface area contributed by atoms with Crippen molar-refractivity contribution in [2.75, 3.05) is 11.9 Å². The highest BCUT2D eigenvalue weighted by Crippen LogP contribution is 2.36. The molecule has 0 saturated heterocycles. The van der Waals surface area contributed by atoms with Gasteiger partial charge in [0.15, 0.2) is 0 Å². The van der Waals surface area contributed by atoms with Gasteiger partial charge in [0.2, 0.25) is 5.82 Å². The molecule has 32 heavy (non-hydrogen) atoms. The van der Waals surface area contributed by atoms with Crippen molar-refractivity contribution in [2.24, 2.45) is 7.05 Å². The van der Waals surface area contributed by atoms with E-state index in [1.807, 2.05) is 0 Å². The summed E-state index contributed by atoms with van der Waals surface area (Å²) in [4.78, 5) is 33.9. The zero-order valence-electron chi connectivity index (χ0n) is 16.7. The standard InChI is InChI=1S/C20H15F3N6O3/c1-27(19(30)18-25-9-26-28(18)2)16-7-14-10(8-24-16)5-15(29(14)20(31)32)13-6-11(21)3-4-12(13)17(22)23/h3-9,17H,1-2H3,(H,31,32). The van der Waals surface area contributed by atoms with Gasteiger partial charge in [-0.25, -0.2) is 37.2 Å². The Balaban J connectivity index is 1.88. The van der Waals surface area contributed by atoms with Gasteiger partial charge in [-0.1, -0.05) is 0 Å². The largest absolute Gasteiger partial charge is 0.464 e. The number of carbonyl (C=O) groups excluding carboxylic acids is 1. The molecule has 0 aliphatic carbocycles. The molecule has 9 nitrogen and oxygen atoms in total. The number of rotatable bonds is 4. The molecule has 12 heteroatoms. The molecule has 1 amide bonds. The molecule has 1 N–H and O–H groups in total. The van der Waals surface area contributed by atoms with Crippen LogP contribution in [0, 0.1) is 5.82 Å². The third-order valence-corrected chi connectivity index (χ3v) is 4.94. The molecule has 1 aromatic carbocycles. The van der Waals surface area contributed by atoms with Crippen LogP contribution in [0.4, 0.5) is 23.8 Å². The smallest absolute Gasteiger partial charge is 0.416 e. The molecule has 0 bridgehead atoms. The van der Waals surface area contributed by atoms with Gasteiger partial charge in [0.1, 0.15) is 18.0 Å². The van der Waals surface area contributed by atoms with Gasteiger partial charge < -0.3 is 5.11 Å². The third kappa shape index (κ3) is 3.45. The van der Waals surface area contributed by atoms with Crippen LogP contribution in [0.1, 0.15) is 22.6 Å². The van der Waals surface area contributed by atoms with Gasteiger partial charge in [-0.2, -0.15) is 5.10 Å². The highest BCUT2D eigenvalue weighted by atomic mass is 19.3. The minimum Gasteiger partial charge on any atom is -0.464 e. The SMILES string of the molecule is CN(C(=O)c1ncnn1C)c1cc2c(cn1)cc(-c1cc(F)ccc1C(F)F)n2C(=O)O. The van der Waals surface area contributed by atoms with Crippen molar-refractivity contribution in [1.82, 2.24) is 24.3 Å². The van der Waals surface area contributed by atoms with Gasteiger partial charge >= 0.3 is 6.09 Å².